The Hall–Kier alpha value is -2.02. The summed E-state index contributed by atoms with van der Waals surface area (Å²) in [7, 11) is 1.74. The second-order valence-corrected chi connectivity index (χ2v) is 6.37. The Morgan fingerprint density at radius 1 is 0.897 bits per heavy atom. The molecule has 152 valence electrons. The van der Waals surface area contributed by atoms with Crippen LogP contribution in [0.5, 0.6) is 0 Å². The number of nitrogens with one attached hydrogen (secondary N) is 1. The third kappa shape index (κ3) is 19.1. The first-order chi connectivity index (χ1) is 14.3. The molecule has 8 heteroatoms. The van der Waals surface area contributed by atoms with Gasteiger partial charge in [-0.2, -0.15) is 0 Å². The monoisotopic (exact) mass is 567 g/mol. The Morgan fingerprint density at radius 2 is 1.34 bits per heavy atom. The summed E-state index contributed by atoms with van der Waals surface area (Å²) in [6.45, 7) is 22.5. The molecule has 0 amide bonds. The van der Waals surface area contributed by atoms with Gasteiger partial charge in [0.2, 0.25) is 0 Å². The first-order valence-corrected chi connectivity index (χ1v) is 9.40. The number of hydrogen-bond donors (Lipinski definition) is 1. The fraction of sp³-hybridized carbons (Fsp3) is 0.333. The van der Waals surface area contributed by atoms with Crippen molar-refractivity contribution in [1.29, 1.82) is 0 Å². The zero-order valence-electron chi connectivity index (χ0n) is 15.9. The van der Waals surface area contributed by atoms with Crippen LogP contribution < -0.4 is 5.32 Å². The van der Waals surface area contributed by atoms with E-state index in [4.69, 9.17) is 28.0 Å². The summed E-state index contributed by atoms with van der Waals surface area (Å²) in [5, 5.41) is 3.71. The molecule has 0 bridgehead atoms. The van der Waals surface area contributed by atoms with Gasteiger partial charge in [0.25, 0.3) is 0 Å². The van der Waals surface area contributed by atoms with Crippen LogP contribution in [0.2, 0.25) is 0 Å². The standard InChI is InChI=1S/C16H21NO.5CO.W/c1-18-13-12-16(14-8-4-2-5-9-14)17-15-10-6-3-7-11-15;5*1-2;/h2,4-5,8-9,12,15,17H,3,6-7,10-11H2,1H3;;;;;;/b16-12+;;;;;;. The molecule has 29 heavy (non-hydrogen) atoms. The predicted molar refractivity (Wildman–Crippen MR) is 96.1 cm³/mol. The Kier molecular flexibility index (Phi) is 36.5. The van der Waals surface area contributed by atoms with Crippen molar-refractivity contribution in [3.05, 3.63) is 75.2 Å². The fourth-order valence-corrected chi connectivity index (χ4v) is 2.89. The molecule has 0 unspecified atom stereocenters. The first kappa shape index (κ1) is 34.5. The SMILES string of the molecule is CO[C](=[W])/C=C(/NC1CCCCC1)c1ccccc1.[C-]#[O+].[C-]#[O+].[C-]#[O+].[C-]#[O+].[C-]#[O+]. The third-order valence-electron chi connectivity index (χ3n) is 3.51. The summed E-state index contributed by atoms with van der Waals surface area (Å²) in [6.07, 6.45) is 8.78. The van der Waals surface area contributed by atoms with E-state index in [-0.39, 0.29) is 0 Å². The van der Waals surface area contributed by atoms with E-state index in [0.717, 1.165) is 4.08 Å². The molecule has 0 radical (unpaired) electrons. The molecule has 0 heterocycles. The fourth-order valence-electron chi connectivity index (χ4n) is 2.47. The maximum absolute atomic E-state index is 7.50. The van der Waals surface area contributed by atoms with Crippen molar-refractivity contribution in [3.8, 4) is 0 Å². The molecule has 1 aliphatic rings. The van der Waals surface area contributed by atoms with E-state index < -0.39 is 0 Å². The normalized spacial score (nSPS) is 11.6. The molecule has 1 aliphatic carbocycles. The van der Waals surface area contributed by atoms with Gasteiger partial charge in [0, 0.05) is 0 Å². The van der Waals surface area contributed by atoms with Crippen LogP contribution in [0.1, 0.15) is 37.7 Å². The van der Waals surface area contributed by atoms with Crippen LogP contribution in [0.4, 0.5) is 0 Å². The van der Waals surface area contributed by atoms with Crippen molar-refractivity contribution >= 4 is 9.78 Å². The summed E-state index contributed by atoms with van der Waals surface area (Å²) in [6, 6.07) is 11.1. The molecule has 1 N–H and O–H groups in total. The van der Waals surface area contributed by atoms with Gasteiger partial charge in [0.15, 0.2) is 0 Å². The molecule has 0 aliphatic heterocycles. The Balaban J connectivity index is -0.000000273. The molecule has 1 aromatic rings. The molecule has 1 saturated carbocycles. The third-order valence-corrected chi connectivity index (χ3v) is 4.54. The van der Waals surface area contributed by atoms with Gasteiger partial charge in [0.1, 0.15) is 0 Å². The Bertz CT molecular complexity index is 606. The number of ether oxygens (including phenoxy) is 1. The summed E-state index contributed by atoms with van der Waals surface area (Å²) in [5.41, 5.74) is 2.43. The number of rotatable bonds is 5. The Labute approximate surface area is 182 Å². The second kappa shape index (κ2) is 30.7. The minimum absolute atomic E-state index is 0.611. The van der Waals surface area contributed by atoms with E-state index in [9.17, 15) is 0 Å². The van der Waals surface area contributed by atoms with Crippen LogP contribution in [-0.2, 0) is 47.4 Å². The van der Waals surface area contributed by atoms with E-state index in [1.165, 1.54) is 62.7 Å². The van der Waals surface area contributed by atoms with Crippen molar-refractivity contribution in [2.75, 3.05) is 7.11 Å². The van der Waals surface area contributed by atoms with E-state index >= 15 is 0 Å². The van der Waals surface area contributed by atoms with Crippen LogP contribution >= 0.6 is 0 Å². The molecule has 1 fully saturated rings. The molecule has 7 nitrogen and oxygen atoms in total. The molecular weight excluding hydrogens is 546 g/mol. The van der Waals surface area contributed by atoms with Crippen molar-refractivity contribution in [1.82, 2.24) is 5.32 Å². The summed E-state index contributed by atoms with van der Waals surface area (Å²) >= 11 is 1.36. The van der Waals surface area contributed by atoms with Gasteiger partial charge in [0.05, 0.1) is 0 Å². The Morgan fingerprint density at radius 3 is 1.76 bits per heavy atom. The summed E-state index contributed by atoms with van der Waals surface area (Å²) in [4.78, 5) is 0. The maximum atomic E-state index is 7.50. The van der Waals surface area contributed by atoms with Crippen LogP contribution in [0.15, 0.2) is 36.4 Å². The number of methoxy groups -OCH3 is 1. The quantitative estimate of drug-likeness (QED) is 0.435. The molecule has 1 aromatic carbocycles. The van der Waals surface area contributed by atoms with Gasteiger partial charge in [-0.05, 0) is 0 Å². The summed E-state index contributed by atoms with van der Waals surface area (Å²) in [5.74, 6) is 0. The van der Waals surface area contributed by atoms with Gasteiger partial charge >= 0.3 is 183 Å². The molecule has 0 aromatic heterocycles. The van der Waals surface area contributed by atoms with Crippen LogP contribution in [0.25, 0.3) is 5.70 Å². The van der Waals surface area contributed by atoms with Gasteiger partial charge in [-0.3, -0.25) is 0 Å². The van der Waals surface area contributed by atoms with Gasteiger partial charge in [-0.25, -0.2) is 0 Å². The number of hydrogen-bond acceptors (Lipinski definition) is 2. The van der Waals surface area contributed by atoms with E-state index in [0.29, 0.717) is 6.04 Å². The molecule has 0 spiro atoms. The second-order valence-electron chi connectivity index (χ2n) is 4.93. The zero-order valence-corrected chi connectivity index (χ0v) is 18.9. The van der Waals surface area contributed by atoms with Crippen molar-refractivity contribution in [2.45, 2.75) is 38.1 Å². The van der Waals surface area contributed by atoms with E-state index in [2.05, 4.69) is 75.0 Å². The first-order valence-electron chi connectivity index (χ1n) is 7.93. The minimum atomic E-state index is 0.611. The average molecular weight is 567 g/mol. The van der Waals surface area contributed by atoms with Crippen LogP contribution in [0.3, 0.4) is 0 Å². The van der Waals surface area contributed by atoms with E-state index in [1.807, 2.05) is 0 Å². The van der Waals surface area contributed by atoms with Crippen LogP contribution in [-0.4, -0.2) is 17.2 Å². The number of benzene rings is 1. The molecule has 2 rings (SSSR count). The van der Waals surface area contributed by atoms with Gasteiger partial charge in [-0.1, -0.05) is 0 Å². The van der Waals surface area contributed by atoms with Gasteiger partial charge < -0.3 is 0 Å². The van der Waals surface area contributed by atoms with Crippen molar-refractivity contribution in [3.63, 3.8) is 0 Å². The molecular formula is C21H21NO6W. The van der Waals surface area contributed by atoms with Crippen LogP contribution in [0, 0.1) is 33.3 Å². The topological polar surface area (TPSA) is 121 Å². The summed E-state index contributed by atoms with van der Waals surface area (Å²) < 4.78 is 43.8. The predicted octanol–water partition coefficient (Wildman–Crippen LogP) is 3.09. The molecule has 0 saturated heterocycles. The zero-order chi connectivity index (χ0) is 23.5. The average Bonchev–Trinajstić information content (AvgIpc) is 2.86. The van der Waals surface area contributed by atoms with E-state index in [1.54, 1.807) is 7.11 Å². The van der Waals surface area contributed by atoms with Crippen molar-refractivity contribution < 1.29 is 47.4 Å². The van der Waals surface area contributed by atoms with Crippen molar-refractivity contribution in [2.24, 2.45) is 0 Å². The molecule has 0 atom stereocenters. The van der Waals surface area contributed by atoms with Gasteiger partial charge in [-0.15, -0.1) is 0 Å².